The number of para-hydroxylation sites is 1. The van der Waals surface area contributed by atoms with E-state index in [9.17, 15) is 20.6 Å². The molecule has 196 valence electrons. The largest absolute Gasteiger partial charge is 0.351 e. The summed E-state index contributed by atoms with van der Waals surface area (Å²) in [7, 11) is 0. The Hall–Kier alpha value is -3.68. The van der Waals surface area contributed by atoms with Crippen molar-refractivity contribution in [3.8, 4) is 12.1 Å². The van der Waals surface area contributed by atoms with Crippen LogP contribution in [0, 0.1) is 61.4 Å². The van der Waals surface area contributed by atoms with Gasteiger partial charge in [0.2, 0.25) is 0 Å². The first-order chi connectivity index (χ1) is 18.8. The molecule has 3 atom stereocenters. The number of halogens is 1. The molecule has 8 rings (SSSR count). The molecule has 4 saturated carbocycles. The fourth-order valence-corrected chi connectivity index (χ4v) is 9.38. The molecule has 2 heterocycles. The summed E-state index contributed by atoms with van der Waals surface area (Å²) in [4.78, 5) is 28.4. The third kappa shape index (κ3) is 3.29. The third-order valence-electron chi connectivity index (χ3n) is 10.3. The van der Waals surface area contributed by atoms with E-state index in [1.165, 1.54) is 31.4 Å². The topological polar surface area (TPSA) is 111 Å². The van der Waals surface area contributed by atoms with E-state index in [0.717, 1.165) is 30.5 Å². The normalized spacial score (nSPS) is 34.6. The molecule has 0 aromatic heterocycles. The molecule has 7 nitrogen and oxygen atoms in total. The van der Waals surface area contributed by atoms with E-state index in [4.69, 9.17) is 11.6 Å². The van der Waals surface area contributed by atoms with Crippen molar-refractivity contribution in [2.45, 2.75) is 56.5 Å². The van der Waals surface area contributed by atoms with Crippen molar-refractivity contribution in [2.75, 3.05) is 4.90 Å². The van der Waals surface area contributed by atoms with Gasteiger partial charge in [0, 0.05) is 23.1 Å². The predicted molar refractivity (Wildman–Crippen MR) is 146 cm³/mol. The van der Waals surface area contributed by atoms with Crippen LogP contribution in [0.15, 0.2) is 48.5 Å². The lowest BCUT2D eigenvalue weighted by atomic mass is 9.47. The second kappa shape index (κ2) is 8.41. The number of rotatable bonds is 4. The van der Waals surface area contributed by atoms with E-state index < -0.39 is 33.8 Å². The van der Waals surface area contributed by atoms with Gasteiger partial charge in [0.15, 0.2) is 11.2 Å². The zero-order chi connectivity index (χ0) is 27.1. The Balaban J connectivity index is 1.46. The van der Waals surface area contributed by atoms with Crippen molar-refractivity contribution >= 4 is 34.8 Å². The number of carbonyl (C=O) groups excluding carboxylic acids is 1. The van der Waals surface area contributed by atoms with Crippen molar-refractivity contribution < 1.29 is 9.72 Å². The highest BCUT2D eigenvalue weighted by Gasteiger charge is 2.67. The molecule has 5 fully saturated rings. The highest BCUT2D eigenvalue weighted by Crippen LogP contribution is 2.64. The lowest BCUT2D eigenvalue weighted by Crippen LogP contribution is -2.56. The molecule has 6 aliphatic rings. The van der Waals surface area contributed by atoms with Crippen molar-refractivity contribution in [3.05, 3.63) is 74.8 Å². The lowest BCUT2D eigenvalue weighted by Gasteiger charge is -2.57. The SMILES string of the molecule is N#CC1(C#N)[C@@H]2C=Cc3ccccc3N2[C@H](C(=O)C23CC4CC(CC(C4)C2)C3)[C@@H]1c1ccc(Cl)c([N+](=O)[O-])c1. The number of fused-ring (bicyclic) bond motifs is 3. The van der Waals surface area contributed by atoms with Gasteiger partial charge >= 0.3 is 0 Å². The van der Waals surface area contributed by atoms with E-state index >= 15 is 4.79 Å². The van der Waals surface area contributed by atoms with Crippen LogP contribution in [0.5, 0.6) is 0 Å². The Morgan fingerprint density at radius 1 is 1.03 bits per heavy atom. The van der Waals surface area contributed by atoms with Crippen LogP contribution in [0.3, 0.4) is 0 Å². The number of hydrogen-bond donors (Lipinski definition) is 0. The Kier molecular flexibility index (Phi) is 5.25. The van der Waals surface area contributed by atoms with Gasteiger partial charge in [-0.05, 0) is 79.5 Å². The van der Waals surface area contributed by atoms with E-state index in [0.29, 0.717) is 23.3 Å². The van der Waals surface area contributed by atoms with E-state index in [2.05, 4.69) is 12.1 Å². The quantitative estimate of drug-likeness (QED) is 0.327. The number of carbonyl (C=O) groups is 1. The van der Waals surface area contributed by atoms with Gasteiger partial charge in [-0.3, -0.25) is 14.9 Å². The fourth-order valence-electron chi connectivity index (χ4n) is 9.20. The highest BCUT2D eigenvalue weighted by molar-refractivity contribution is 6.32. The van der Waals surface area contributed by atoms with Crippen LogP contribution < -0.4 is 4.90 Å². The second-order valence-corrected chi connectivity index (χ2v) is 12.7. The first-order valence-corrected chi connectivity index (χ1v) is 14.0. The Morgan fingerprint density at radius 2 is 1.67 bits per heavy atom. The van der Waals surface area contributed by atoms with Crippen LogP contribution in [-0.2, 0) is 4.79 Å². The zero-order valence-electron chi connectivity index (χ0n) is 21.3. The van der Waals surface area contributed by atoms with Gasteiger partial charge < -0.3 is 4.90 Å². The molecule has 4 aliphatic carbocycles. The molecule has 0 radical (unpaired) electrons. The number of anilines is 1. The molecular weight excluding hydrogens is 512 g/mol. The molecule has 8 heteroatoms. The van der Waals surface area contributed by atoms with Gasteiger partial charge in [0.05, 0.1) is 29.1 Å². The summed E-state index contributed by atoms with van der Waals surface area (Å²) in [6, 6.07) is 15.4. The highest BCUT2D eigenvalue weighted by atomic mass is 35.5. The molecular formula is C31H27ClN4O3. The molecule has 0 N–H and O–H groups in total. The van der Waals surface area contributed by atoms with Gasteiger partial charge in [-0.15, -0.1) is 0 Å². The lowest BCUT2D eigenvalue weighted by molar-refractivity contribution is -0.384. The smallest absolute Gasteiger partial charge is 0.288 e. The zero-order valence-corrected chi connectivity index (χ0v) is 22.1. The number of nitriles is 2. The molecule has 2 aromatic carbocycles. The molecule has 2 aliphatic heterocycles. The predicted octanol–water partition coefficient (Wildman–Crippen LogP) is 6.44. The summed E-state index contributed by atoms with van der Waals surface area (Å²) in [6.45, 7) is 0. The minimum Gasteiger partial charge on any atom is -0.351 e. The minimum absolute atomic E-state index is 0.0202. The van der Waals surface area contributed by atoms with E-state index in [-0.39, 0.29) is 16.5 Å². The molecule has 4 bridgehead atoms. The Morgan fingerprint density at radius 3 is 2.28 bits per heavy atom. The number of Topliss-reactive ketones (excluding diaryl/α,β-unsaturated/α-hetero) is 1. The standard InChI is InChI=1S/C31H27ClN4O3/c32-23-7-5-22(12-25(23)36(38)39)27-28(29(37)30-13-18-9-19(14-30)11-20(10-18)15-30)35-24-4-2-1-3-21(24)6-8-26(35)31(27,16-33)17-34/h1-8,12,18-20,26-28H,9-11,13-15H2/t18?,19?,20?,26-,27-,28-,30?/m0/s1. The maximum atomic E-state index is 15.1. The number of nitro groups is 1. The van der Waals surface area contributed by atoms with Crippen LogP contribution >= 0.6 is 11.6 Å². The summed E-state index contributed by atoms with van der Waals surface area (Å²) in [5.41, 5.74) is -0.247. The number of ketones is 1. The monoisotopic (exact) mass is 538 g/mol. The number of nitro benzene ring substituents is 1. The van der Waals surface area contributed by atoms with Crippen LogP contribution in [0.1, 0.15) is 55.6 Å². The Labute approximate surface area is 231 Å². The van der Waals surface area contributed by atoms with Crippen LogP contribution in [0.25, 0.3) is 6.08 Å². The van der Waals surface area contributed by atoms with Gasteiger partial charge in [0.25, 0.3) is 5.69 Å². The van der Waals surface area contributed by atoms with Crippen molar-refractivity contribution in [1.29, 1.82) is 10.5 Å². The molecule has 1 saturated heterocycles. The van der Waals surface area contributed by atoms with Crippen molar-refractivity contribution in [1.82, 2.24) is 0 Å². The first-order valence-electron chi connectivity index (χ1n) is 13.7. The van der Waals surface area contributed by atoms with Gasteiger partial charge in [-0.2, -0.15) is 10.5 Å². The van der Waals surface area contributed by atoms with Crippen LogP contribution in [-0.4, -0.2) is 22.8 Å². The van der Waals surface area contributed by atoms with E-state index in [1.807, 2.05) is 41.3 Å². The number of hydrogen-bond acceptors (Lipinski definition) is 6. The van der Waals surface area contributed by atoms with Crippen molar-refractivity contribution in [2.24, 2.45) is 28.6 Å². The molecule has 0 amide bonds. The summed E-state index contributed by atoms with van der Waals surface area (Å²) >= 11 is 6.18. The first kappa shape index (κ1) is 24.4. The maximum Gasteiger partial charge on any atom is 0.288 e. The number of nitrogens with zero attached hydrogens (tertiary/aromatic N) is 4. The fraction of sp³-hybridized carbons (Fsp3) is 0.452. The maximum absolute atomic E-state index is 15.1. The molecule has 2 aromatic rings. The van der Waals surface area contributed by atoms with Crippen molar-refractivity contribution in [3.63, 3.8) is 0 Å². The molecule has 0 unspecified atom stereocenters. The van der Waals surface area contributed by atoms with Crippen LogP contribution in [0.2, 0.25) is 5.02 Å². The average molecular weight is 539 g/mol. The molecule has 39 heavy (non-hydrogen) atoms. The molecule has 0 spiro atoms. The second-order valence-electron chi connectivity index (χ2n) is 12.3. The van der Waals surface area contributed by atoms with Gasteiger partial charge in [0.1, 0.15) is 5.02 Å². The number of benzene rings is 2. The summed E-state index contributed by atoms with van der Waals surface area (Å²) in [5, 5.41) is 33.2. The van der Waals surface area contributed by atoms with Gasteiger partial charge in [-0.25, -0.2) is 0 Å². The Bertz CT molecular complexity index is 1490. The minimum atomic E-state index is -1.63. The van der Waals surface area contributed by atoms with Crippen LogP contribution in [0.4, 0.5) is 11.4 Å². The average Bonchev–Trinajstić information content (AvgIpc) is 3.23. The summed E-state index contributed by atoms with van der Waals surface area (Å²) < 4.78 is 0. The summed E-state index contributed by atoms with van der Waals surface area (Å²) in [6.07, 6.45) is 9.88. The van der Waals surface area contributed by atoms with E-state index in [1.54, 1.807) is 6.07 Å². The van der Waals surface area contributed by atoms with Gasteiger partial charge in [-0.1, -0.05) is 48.0 Å². The third-order valence-corrected chi connectivity index (χ3v) is 10.6. The summed E-state index contributed by atoms with van der Waals surface area (Å²) in [5.74, 6) is 0.824.